The molecule has 1 aromatic heterocycles. The first-order chi connectivity index (χ1) is 6.83. The van der Waals surface area contributed by atoms with Gasteiger partial charge in [-0.1, -0.05) is 6.07 Å². The van der Waals surface area contributed by atoms with Gasteiger partial charge in [0.1, 0.15) is 6.61 Å². The molecular weight excluding hydrogens is 202 g/mol. The highest BCUT2D eigenvalue weighted by atomic mass is 32.1. The van der Waals surface area contributed by atoms with Gasteiger partial charge in [-0.2, -0.15) is 0 Å². The van der Waals surface area contributed by atoms with Crippen molar-refractivity contribution >= 4 is 17.4 Å². The summed E-state index contributed by atoms with van der Waals surface area (Å²) in [6.45, 7) is 0.466. The van der Waals surface area contributed by atoms with E-state index in [1.807, 2.05) is 17.5 Å². The van der Waals surface area contributed by atoms with Crippen LogP contribution < -0.4 is 5.32 Å². The minimum atomic E-state index is -0.476. The lowest BCUT2D eigenvalue weighted by Crippen LogP contribution is -2.27. The van der Waals surface area contributed by atoms with Crippen LogP contribution in [0.1, 0.15) is 4.88 Å². The molecule has 0 unspecified atom stereocenters. The van der Waals surface area contributed by atoms with E-state index in [2.05, 4.69) is 10.1 Å². The van der Waals surface area contributed by atoms with Crippen molar-refractivity contribution in [2.45, 2.75) is 6.42 Å². The molecule has 78 valence electrons. The molecule has 5 heteroatoms. The fraction of sp³-hybridized carbons (Fsp3) is 0.444. The molecule has 14 heavy (non-hydrogen) atoms. The number of carbonyl (C=O) groups excluding carboxylic acids is 1. The van der Waals surface area contributed by atoms with Gasteiger partial charge in [0.25, 0.3) is 0 Å². The van der Waals surface area contributed by atoms with Gasteiger partial charge in [-0.05, 0) is 17.9 Å². The van der Waals surface area contributed by atoms with Crippen molar-refractivity contribution in [1.29, 1.82) is 0 Å². The second-order valence-corrected chi connectivity index (χ2v) is 3.65. The molecule has 1 heterocycles. The van der Waals surface area contributed by atoms with Crippen LogP contribution in [0.15, 0.2) is 17.5 Å². The number of aliphatic hydroxyl groups excluding tert-OH is 1. The topological polar surface area (TPSA) is 58.6 Å². The molecule has 0 saturated carbocycles. The quantitative estimate of drug-likeness (QED) is 0.770. The zero-order valence-electron chi connectivity index (χ0n) is 7.73. The van der Waals surface area contributed by atoms with E-state index in [9.17, 15) is 4.79 Å². The van der Waals surface area contributed by atoms with E-state index in [0.29, 0.717) is 6.54 Å². The van der Waals surface area contributed by atoms with E-state index in [1.54, 1.807) is 11.3 Å². The highest BCUT2D eigenvalue weighted by Crippen LogP contribution is 2.07. The monoisotopic (exact) mass is 215 g/mol. The first-order valence-electron chi connectivity index (χ1n) is 4.37. The molecule has 0 fully saturated rings. The minimum Gasteiger partial charge on any atom is -0.447 e. The van der Waals surface area contributed by atoms with Gasteiger partial charge in [0.15, 0.2) is 0 Å². The molecule has 4 nitrogen and oxygen atoms in total. The Morgan fingerprint density at radius 3 is 3.14 bits per heavy atom. The van der Waals surface area contributed by atoms with E-state index < -0.39 is 6.09 Å². The number of amides is 1. The Labute approximate surface area is 86.5 Å². The van der Waals surface area contributed by atoms with Crippen LogP contribution in [-0.2, 0) is 11.2 Å². The van der Waals surface area contributed by atoms with Gasteiger partial charge in [-0.25, -0.2) is 4.79 Å². The highest BCUT2D eigenvalue weighted by Gasteiger charge is 2.00. The molecule has 2 N–H and O–H groups in total. The van der Waals surface area contributed by atoms with E-state index in [1.165, 1.54) is 4.88 Å². The van der Waals surface area contributed by atoms with Crippen molar-refractivity contribution in [2.24, 2.45) is 0 Å². The maximum atomic E-state index is 10.9. The SMILES string of the molecule is O=C(NCCc1cccs1)OCCO. The standard InChI is InChI=1S/C9H13NO3S/c11-5-6-13-9(12)10-4-3-8-2-1-7-14-8/h1-2,7,11H,3-6H2,(H,10,12). The lowest BCUT2D eigenvalue weighted by atomic mass is 10.3. The molecule has 1 amide bonds. The van der Waals surface area contributed by atoms with Gasteiger partial charge in [0.05, 0.1) is 6.61 Å². The summed E-state index contributed by atoms with van der Waals surface area (Å²) in [5, 5.41) is 13.0. The summed E-state index contributed by atoms with van der Waals surface area (Å²) in [5.74, 6) is 0. The summed E-state index contributed by atoms with van der Waals surface area (Å²) in [7, 11) is 0. The normalized spacial score (nSPS) is 9.79. The fourth-order valence-corrected chi connectivity index (χ4v) is 1.64. The zero-order chi connectivity index (χ0) is 10.2. The molecule has 0 bridgehead atoms. The Kier molecular flexibility index (Phi) is 5.03. The Hall–Kier alpha value is -1.07. The number of nitrogens with one attached hydrogen (secondary N) is 1. The van der Waals surface area contributed by atoms with E-state index >= 15 is 0 Å². The summed E-state index contributed by atoms with van der Waals surface area (Å²) in [5.41, 5.74) is 0. The van der Waals surface area contributed by atoms with Crippen molar-refractivity contribution in [3.63, 3.8) is 0 Å². The van der Waals surface area contributed by atoms with Gasteiger partial charge in [0, 0.05) is 11.4 Å². The number of aliphatic hydroxyl groups is 1. The van der Waals surface area contributed by atoms with Crippen LogP contribution >= 0.6 is 11.3 Å². The van der Waals surface area contributed by atoms with Gasteiger partial charge in [0.2, 0.25) is 0 Å². The van der Waals surface area contributed by atoms with Gasteiger partial charge in [-0.15, -0.1) is 11.3 Å². The Balaban J connectivity index is 2.06. The maximum absolute atomic E-state index is 10.9. The predicted molar refractivity (Wildman–Crippen MR) is 54.5 cm³/mol. The van der Waals surface area contributed by atoms with E-state index in [0.717, 1.165) is 6.42 Å². The summed E-state index contributed by atoms with van der Waals surface area (Å²) in [4.78, 5) is 12.1. The first kappa shape index (κ1) is 11.0. The third-order valence-corrected chi connectivity index (χ3v) is 2.48. The molecule has 0 radical (unpaired) electrons. The molecule has 0 spiro atoms. The Bertz CT molecular complexity index is 261. The lowest BCUT2D eigenvalue weighted by Gasteiger charge is -2.04. The molecule has 1 rings (SSSR count). The number of rotatable bonds is 5. The van der Waals surface area contributed by atoms with Crippen LogP contribution in [0.4, 0.5) is 4.79 Å². The third kappa shape index (κ3) is 4.25. The molecule has 0 atom stereocenters. The number of thiophene rings is 1. The van der Waals surface area contributed by atoms with Crippen molar-refractivity contribution in [3.05, 3.63) is 22.4 Å². The van der Waals surface area contributed by atoms with Gasteiger partial charge in [-0.3, -0.25) is 0 Å². The number of hydrogen-bond donors (Lipinski definition) is 2. The average Bonchev–Trinajstić information content (AvgIpc) is 2.67. The molecular formula is C9H13NO3S. The van der Waals surface area contributed by atoms with Crippen LogP contribution in [0.5, 0.6) is 0 Å². The first-order valence-corrected chi connectivity index (χ1v) is 5.25. The number of hydrogen-bond acceptors (Lipinski definition) is 4. The summed E-state index contributed by atoms with van der Waals surface area (Å²) >= 11 is 1.66. The van der Waals surface area contributed by atoms with E-state index in [-0.39, 0.29) is 13.2 Å². The zero-order valence-corrected chi connectivity index (χ0v) is 8.55. The number of ether oxygens (including phenoxy) is 1. The van der Waals surface area contributed by atoms with Crippen LogP contribution in [0, 0.1) is 0 Å². The van der Waals surface area contributed by atoms with Crippen molar-refractivity contribution in [1.82, 2.24) is 5.32 Å². The maximum Gasteiger partial charge on any atom is 0.407 e. The lowest BCUT2D eigenvalue weighted by molar-refractivity contribution is 0.119. The summed E-state index contributed by atoms with van der Waals surface area (Å²) in [6, 6.07) is 4.00. The molecule has 0 aliphatic heterocycles. The van der Waals surface area contributed by atoms with Crippen LogP contribution in [0.3, 0.4) is 0 Å². The average molecular weight is 215 g/mol. The summed E-state index contributed by atoms with van der Waals surface area (Å²) < 4.78 is 4.61. The second-order valence-electron chi connectivity index (χ2n) is 2.62. The molecule has 0 aliphatic rings. The largest absolute Gasteiger partial charge is 0.447 e. The van der Waals surface area contributed by atoms with Crippen LogP contribution in [0.2, 0.25) is 0 Å². The molecule has 1 aromatic rings. The number of alkyl carbamates (subject to hydrolysis) is 1. The highest BCUT2D eigenvalue weighted by molar-refractivity contribution is 7.09. The van der Waals surface area contributed by atoms with Crippen molar-refractivity contribution < 1.29 is 14.6 Å². The smallest absolute Gasteiger partial charge is 0.407 e. The Morgan fingerprint density at radius 2 is 2.50 bits per heavy atom. The van der Waals surface area contributed by atoms with Crippen molar-refractivity contribution in [3.8, 4) is 0 Å². The van der Waals surface area contributed by atoms with Gasteiger partial charge < -0.3 is 15.2 Å². The Morgan fingerprint density at radius 1 is 1.64 bits per heavy atom. The molecule has 0 saturated heterocycles. The third-order valence-electron chi connectivity index (χ3n) is 1.55. The molecule has 0 aliphatic carbocycles. The van der Waals surface area contributed by atoms with Gasteiger partial charge >= 0.3 is 6.09 Å². The van der Waals surface area contributed by atoms with E-state index in [4.69, 9.17) is 5.11 Å². The molecule has 0 aromatic carbocycles. The fourth-order valence-electron chi connectivity index (χ4n) is 0.932. The van der Waals surface area contributed by atoms with Crippen LogP contribution in [0.25, 0.3) is 0 Å². The minimum absolute atomic E-state index is 0.0465. The second kappa shape index (κ2) is 6.39. The van der Waals surface area contributed by atoms with Crippen molar-refractivity contribution in [2.75, 3.05) is 19.8 Å². The predicted octanol–water partition coefficient (Wildman–Crippen LogP) is 1.01. The summed E-state index contributed by atoms with van der Waals surface area (Å²) in [6.07, 6.45) is 0.335. The number of carbonyl (C=O) groups is 1. The van der Waals surface area contributed by atoms with Crippen LogP contribution in [-0.4, -0.2) is 31.0 Å².